The summed E-state index contributed by atoms with van der Waals surface area (Å²) in [5, 5.41) is 132. The summed E-state index contributed by atoms with van der Waals surface area (Å²) in [6.07, 6.45) is -18.3. The van der Waals surface area contributed by atoms with E-state index in [0.717, 1.165) is 16.7 Å². The van der Waals surface area contributed by atoms with Gasteiger partial charge >= 0.3 is 29.6 Å². The fourth-order valence-corrected chi connectivity index (χ4v) is 13.3. The Morgan fingerprint density at radius 3 is 2.02 bits per heavy atom. The van der Waals surface area contributed by atoms with Crippen molar-refractivity contribution in [2.75, 3.05) is 19.8 Å². The summed E-state index contributed by atoms with van der Waals surface area (Å²) in [7, 11) is 0. The van der Waals surface area contributed by atoms with E-state index in [9.17, 15) is 66.1 Å². The molecule has 7 aliphatic rings. The maximum atomic E-state index is 13.6. The molecule has 7 rings (SSSR count). The monoisotopic (exact) mass is 952 g/mol. The van der Waals surface area contributed by atoms with Gasteiger partial charge in [0.15, 0.2) is 18.9 Å². The number of aliphatic carboxylic acids is 1. The van der Waals surface area contributed by atoms with Gasteiger partial charge in [-0.05, 0) is 107 Å². The number of aliphatic hydroxyl groups is 11. The van der Waals surface area contributed by atoms with Crippen molar-refractivity contribution >= 4 is 5.97 Å². The van der Waals surface area contributed by atoms with Crippen LogP contribution in [0, 0.1) is 34.0 Å². The zero-order chi connectivity index (χ0) is 47.7. The minimum Gasteiger partial charge on any atom is -0.549 e. The summed E-state index contributed by atoms with van der Waals surface area (Å²) in [5.74, 6) is -1.72. The third-order valence-corrected chi connectivity index (χ3v) is 17.2. The molecule has 0 amide bonds. The van der Waals surface area contributed by atoms with Gasteiger partial charge in [-0.25, -0.2) is 0 Å². The molecule has 11 N–H and O–H groups in total. The van der Waals surface area contributed by atoms with Crippen LogP contribution in [0.25, 0.3) is 0 Å². The van der Waals surface area contributed by atoms with Crippen LogP contribution in [0.2, 0.25) is 0 Å². The molecule has 0 aromatic rings. The van der Waals surface area contributed by atoms with Crippen LogP contribution in [-0.2, 0) is 33.2 Å². The average molecular weight is 953 g/mol. The van der Waals surface area contributed by atoms with Gasteiger partial charge in [0.05, 0.1) is 43.6 Å². The molecule has 4 aliphatic carbocycles. The maximum Gasteiger partial charge on any atom is 1.00 e. The van der Waals surface area contributed by atoms with Crippen LogP contribution >= 0.6 is 0 Å². The van der Waals surface area contributed by atoms with Gasteiger partial charge in [-0.2, -0.15) is 0 Å². The minimum absolute atomic E-state index is 0. The number of hydrogen-bond donors (Lipinski definition) is 11. The Labute approximate surface area is 408 Å². The topological polar surface area (TPSA) is 318 Å². The van der Waals surface area contributed by atoms with Crippen LogP contribution in [-0.4, -0.2) is 186 Å². The van der Waals surface area contributed by atoms with E-state index in [1.54, 1.807) is 6.92 Å². The molecule has 19 nitrogen and oxygen atoms in total. The first-order valence-corrected chi connectivity index (χ1v) is 23.3. The third kappa shape index (κ3) is 9.20. The van der Waals surface area contributed by atoms with Crippen molar-refractivity contribution in [1.29, 1.82) is 0 Å². The molecule has 5 fully saturated rings. The first-order valence-electron chi connectivity index (χ1n) is 23.3. The fraction of sp³-hybridized carbons (Fsp3) is 0.891. The molecule has 0 aromatic heterocycles. The summed E-state index contributed by atoms with van der Waals surface area (Å²) >= 11 is 0. The molecule has 2 saturated carbocycles. The Bertz CT molecular complexity index is 1760. The SMILES string of the molecule is CC(C)=CC[C@H](O)C(C)[C@H]1CC[C@@]2(C(=O)[O-])C3=C(CC[C@]12C)[C@@]1(C)CC[C@H](O[C@@H]2O[C@H](CO)[C@H](O)[C@H](O)[C@H]2O[C@@H]2OC[C@@H](O[C@@H]4O[C@H](CO)[C@H](O)[C@H](O)[C@H]4O)[C@@H](O)[C@@H]2O)[C@](C)(O)[C@@H]1CC3.[Na+]. The van der Waals surface area contributed by atoms with Crippen molar-refractivity contribution in [3.8, 4) is 0 Å². The van der Waals surface area contributed by atoms with E-state index in [0.29, 0.717) is 51.4 Å². The van der Waals surface area contributed by atoms with Crippen LogP contribution in [0.1, 0.15) is 99.3 Å². The largest absolute Gasteiger partial charge is 1.00 e. The molecule has 3 aliphatic heterocycles. The van der Waals surface area contributed by atoms with Gasteiger partial charge in [-0.15, -0.1) is 0 Å². The maximum absolute atomic E-state index is 13.6. The van der Waals surface area contributed by atoms with Crippen LogP contribution in [0.3, 0.4) is 0 Å². The van der Waals surface area contributed by atoms with Crippen molar-refractivity contribution in [2.24, 2.45) is 34.0 Å². The van der Waals surface area contributed by atoms with Gasteiger partial charge in [0, 0.05) is 5.41 Å². The first kappa shape index (κ1) is 54.6. The molecule has 20 heteroatoms. The summed E-state index contributed by atoms with van der Waals surface area (Å²) in [4.78, 5) is 13.6. The molecule has 372 valence electrons. The zero-order valence-corrected chi connectivity index (χ0v) is 41.2. The van der Waals surface area contributed by atoms with E-state index in [1.807, 2.05) is 26.8 Å². The minimum atomic E-state index is -1.89. The van der Waals surface area contributed by atoms with Crippen LogP contribution in [0.4, 0.5) is 0 Å². The van der Waals surface area contributed by atoms with E-state index in [-0.39, 0.29) is 47.8 Å². The first-order chi connectivity index (χ1) is 30.5. The molecular formula is C46H73NaO19. The van der Waals surface area contributed by atoms with Gasteiger partial charge in [0.25, 0.3) is 0 Å². The van der Waals surface area contributed by atoms with Crippen molar-refractivity contribution in [3.63, 3.8) is 0 Å². The van der Waals surface area contributed by atoms with Gasteiger partial charge in [0.1, 0.15) is 67.1 Å². The molecule has 1 unspecified atom stereocenters. The summed E-state index contributed by atoms with van der Waals surface area (Å²) in [6, 6.07) is 0. The Kier molecular flexibility index (Phi) is 17.2. The number of fused-ring (bicyclic) bond motifs is 4. The van der Waals surface area contributed by atoms with Crippen LogP contribution in [0.15, 0.2) is 22.8 Å². The van der Waals surface area contributed by atoms with Crippen molar-refractivity contribution in [2.45, 2.75) is 203 Å². The summed E-state index contributed by atoms with van der Waals surface area (Å²) < 4.78 is 35.1. The van der Waals surface area contributed by atoms with Gasteiger partial charge in [-0.1, -0.05) is 43.6 Å². The standard InChI is InChI=1S/C46H74O19.Na/c1-20(2)7-9-25(49)21(3)22-12-16-46(42(57)58)24-8-10-29-43(4,23(24)11-15-44(22,46)5)14-13-30(45(29,6)59)64-41-38(35(54)32(51)27(18-48)62-41)65-39-36(55)33(52)28(19-60-39)63-40-37(56)34(53)31(50)26(17-47)61-40;/h7,21-22,25-41,47-56,59H,8-19H2,1-6H3,(H,57,58);/q;+1/p-1/t21?,22-,25+,26-,27-,28-,29-,30+,31+,32+,33-,34+,35+,36+,37-,38-,39+,40+,41+,43-,44-,45-,46+;/m1./s1. The molecular weight excluding hydrogens is 879 g/mol. The number of carbonyl (C=O) groups is 1. The number of carbonyl (C=O) groups excluding carboxylic acids is 1. The van der Waals surface area contributed by atoms with Gasteiger partial charge in [0.2, 0.25) is 0 Å². The van der Waals surface area contributed by atoms with Crippen LogP contribution < -0.4 is 34.7 Å². The molecule has 23 atom stereocenters. The van der Waals surface area contributed by atoms with E-state index < -0.39 is 152 Å². The Balaban J connectivity index is 0.00000720. The Morgan fingerprint density at radius 2 is 1.39 bits per heavy atom. The smallest absolute Gasteiger partial charge is 0.549 e. The number of allylic oxidation sites excluding steroid dienone is 2. The molecule has 0 spiro atoms. The Hall–Kier alpha value is -0.730. The summed E-state index contributed by atoms with van der Waals surface area (Å²) in [6.45, 7) is 9.83. The fourth-order valence-electron chi connectivity index (χ4n) is 13.3. The normalized spacial score (nSPS) is 49.1. The second-order valence-corrected chi connectivity index (χ2v) is 20.9. The van der Waals surface area contributed by atoms with Crippen LogP contribution in [0.5, 0.6) is 0 Å². The van der Waals surface area contributed by atoms with E-state index in [2.05, 4.69) is 13.8 Å². The van der Waals surface area contributed by atoms with E-state index >= 15 is 0 Å². The van der Waals surface area contributed by atoms with Gasteiger partial charge < -0.3 is 94.5 Å². The number of ether oxygens (including phenoxy) is 6. The van der Waals surface area contributed by atoms with Crippen molar-refractivity contribution in [1.82, 2.24) is 0 Å². The number of aliphatic hydroxyl groups excluding tert-OH is 10. The molecule has 66 heavy (non-hydrogen) atoms. The molecule has 3 heterocycles. The zero-order valence-electron chi connectivity index (χ0n) is 39.2. The summed E-state index contributed by atoms with van der Waals surface area (Å²) in [5.41, 5.74) is -1.08. The second-order valence-electron chi connectivity index (χ2n) is 20.9. The Morgan fingerprint density at radius 1 is 0.773 bits per heavy atom. The number of carboxylic acid groups (broad SMARTS) is 1. The molecule has 0 aromatic carbocycles. The predicted octanol–water partition coefficient (Wildman–Crippen LogP) is -4.98. The van der Waals surface area contributed by atoms with E-state index in [4.69, 9.17) is 28.4 Å². The predicted molar refractivity (Wildman–Crippen MR) is 222 cm³/mol. The molecule has 0 bridgehead atoms. The van der Waals surface area contributed by atoms with E-state index in [1.165, 1.54) is 0 Å². The average Bonchev–Trinajstić information content (AvgIpc) is 3.59. The van der Waals surface area contributed by atoms with Crippen molar-refractivity contribution < 1.29 is 124 Å². The number of rotatable bonds is 13. The second kappa shape index (κ2) is 20.8. The van der Waals surface area contributed by atoms with Gasteiger partial charge in [-0.3, -0.25) is 0 Å². The number of carboxylic acids is 1. The molecule has 0 radical (unpaired) electrons. The number of hydrogen-bond acceptors (Lipinski definition) is 19. The quantitative estimate of drug-likeness (QED) is 0.0609. The van der Waals surface area contributed by atoms with Crippen molar-refractivity contribution in [3.05, 3.63) is 22.8 Å². The third-order valence-electron chi connectivity index (χ3n) is 17.2. The molecule has 3 saturated heterocycles.